The number of carboxylic acids is 1. The highest BCUT2D eigenvalue weighted by molar-refractivity contribution is 6.05. The Balaban J connectivity index is 1.48. The molecule has 4 rings (SSSR count). The second kappa shape index (κ2) is 10.6. The van der Waals surface area contributed by atoms with Gasteiger partial charge < -0.3 is 24.2 Å². The molecule has 10 nitrogen and oxygen atoms in total. The molecule has 1 heterocycles. The molecule has 0 aromatic heterocycles. The van der Waals surface area contributed by atoms with Crippen LogP contribution in [0.4, 0.5) is 4.79 Å². The molecule has 0 saturated carbocycles. The number of carbonyl (C=O) groups is 4. The maximum atomic E-state index is 13.1. The van der Waals surface area contributed by atoms with Crippen LogP contribution >= 0.6 is 0 Å². The average Bonchev–Trinajstić information content (AvgIpc) is 3.19. The van der Waals surface area contributed by atoms with Gasteiger partial charge in [-0.1, -0.05) is 48.5 Å². The smallest absolute Gasteiger partial charge is 0.408 e. The molecule has 1 aliphatic carbocycles. The van der Waals surface area contributed by atoms with Crippen LogP contribution in [0.1, 0.15) is 24.0 Å². The monoisotopic (exact) mass is 482 g/mol. The molecule has 0 spiro atoms. The third-order valence-corrected chi connectivity index (χ3v) is 6.07. The number of alkyl carbamates (subject to hydrolysis) is 1. The normalized spacial score (nSPS) is 17.6. The van der Waals surface area contributed by atoms with Crippen LogP contribution in [0.3, 0.4) is 0 Å². The first-order chi connectivity index (χ1) is 16.9. The number of carbonyl (C=O) groups excluding carboxylic acids is 3. The van der Waals surface area contributed by atoms with Gasteiger partial charge in [-0.15, -0.1) is 0 Å². The molecule has 2 amide bonds. The summed E-state index contributed by atoms with van der Waals surface area (Å²) in [5.74, 6) is -3.38. The predicted molar refractivity (Wildman–Crippen MR) is 123 cm³/mol. The third kappa shape index (κ3) is 4.97. The van der Waals surface area contributed by atoms with Gasteiger partial charge in [0.25, 0.3) is 5.91 Å². The van der Waals surface area contributed by atoms with Crippen molar-refractivity contribution in [2.75, 3.05) is 33.0 Å². The number of morpholine rings is 1. The minimum Gasteiger partial charge on any atom is -0.480 e. The Morgan fingerprint density at radius 2 is 1.69 bits per heavy atom. The van der Waals surface area contributed by atoms with Crippen LogP contribution < -0.4 is 5.32 Å². The van der Waals surface area contributed by atoms with E-state index in [2.05, 4.69) is 5.32 Å². The van der Waals surface area contributed by atoms with Crippen LogP contribution in [0, 0.1) is 0 Å². The lowest BCUT2D eigenvalue weighted by Crippen LogP contribution is -2.60. The number of nitrogens with zero attached hydrogens (tertiary/aromatic N) is 1. The topological polar surface area (TPSA) is 131 Å². The molecule has 1 fully saturated rings. The van der Waals surface area contributed by atoms with E-state index in [-0.39, 0.29) is 38.9 Å². The molecule has 2 aromatic rings. The molecule has 35 heavy (non-hydrogen) atoms. The lowest BCUT2D eigenvalue weighted by molar-refractivity contribution is -0.163. The van der Waals surface area contributed by atoms with E-state index in [0.29, 0.717) is 0 Å². The zero-order chi connectivity index (χ0) is 24.9. The van der Waals surface area contributed by atoms with E-state index < -0.39 is 36.0 Å². The van der Waals surface area contributed by atoms with Gasteiger partial charge in [-0.2, -0.15) is 0 Å². The lowest BCUT2D eigenvalue weighted by Gasteiger charge is -2.34. The number of rotatable bonds is 7. The average molecular weight is 482 g/mol. The molecule has 2 N–H and O–H groups in total. The maximum absolute atomic E-state index is 13.1. The molecular formula is C25H26N2O8. The van der Waals surface area contributed by atoms with Crippen LogP contribution in [0.25, 0.3) is 11.1 Å². The van der Waals surface area contributed by atoms with Crippen molar-refractivity contribution in [2.24, 2.45) is 0 Å². The summed E-state index contributed by atoms with van der Waals surface area (Å²) in [5.41, 5.74) is 4.14. The van der Waals surface area contributed by atoms with Crippen LogP contribution in [-0.2, 0) is 28.6 Å². The van der Waals surface area contributed by atoms with Gasteiger partial charge in [0.15, 0.2) is 6.04 Å². The fourth-order valence-corrected chi connectivity index (χ4v) is 4.44. The summed E-state index contributed by atoms with van der Waals surface area (Å²) >= 11 is 0. The Morgan fingerprint density at radius 1 is 1.06 bits per heavy atom. The lowest BCUT2D eigenvalue weighted by atomic mass is 9.98. The van der Waals surface area contributed by atoms with E-state index in [1.807, 2.05) is 48.5 Å². The summed E-state index contributed by atoms with van der Waals surface area (Å²) in [6.07, 6.45) is -0.988. The van der Waals surface area contributed by atoms with E-state index in [4.69, 9.17) is 14.2 Å². The zero-order valence-electron chi connectivity index (χ0n) is 19.1. The number of carboxylic acid groups (broad SMARTS) is 1. The van der Waals surface area contributed by atoms with E-state index >= 15 is 0 Å². The highest BCUT2D eigenvalue weighted by Crippen LogP contribution is 2.44. The molecule has 184 valence electrons. The standard InChI is InChI=1S/C25H26N2O8/c1-2-34-24(31)21(22(28)27-11-12-33-14-20(27)23(29)30)26-25(32)35-13-19-17-9-5-3-7-15(17)16-8-4-6-10-18(16)19/h3-10,19-21H,2,11-14H2,1H3,(H,26,32)(H,29,30). The summed E-state index contributed by atoms with van der Waals surface area (Å²) < 4.78 is 15.5. The van der Waals surface area contributed by atoms with Crippen molar-refractivity contribution in [3.8, 4) is 11.1 Å². The largest absolute Gasteiger partial charge is 0.480 e. The van der Waals surface area contributed by atoms with Crippen molar-refractivity contribution in [2.45, 2.75) is 24.9 Å². The summed E-state index contributed by atoms with van der Waals surface area (Å²) in [7, 11) is 0. The van der Waals surface area contributed by atoms with Crippen molar-refractivity contribution in [1.29, 1.82) is 0 Å². The quantitative estimate of drug-likeness (QED) is 0.451. The van der Waals surface area contributed by atoms with Crippen LogP contribution in [0.2, 0.25) is 0 Å². The maximum Gasteiger partial charge on any atom is 0.408 e. The van der Waals surface area contributed by atoms with Crippen molar-refractivity contribution in [3.63, 3.8) is 0 Å². The number of aliphatic carboxylic acids is 1. The second-order valence-corrected chi connectivity index (χ2v) is 8.12. The minimum atomic E-state index is -1.74. The molecule has 0 bridgehead atoms. The van der Waals surface area contributed by atoms with Crippen molar-refractivity contribution in [3.05, 3.63) is 59.7 Å². The van der Waals surface area contributed by atoms with Crippen LogP contribution in [0.15, 0.2) is 48.5 Å². The van der Waals surface area contributed by atoms with Crippen molar-refractivity contribution >= 4 is 23.9 Å². The van der Waals surface area contributed by atoms with E-state index in [0.717, 1.165) is 27.2 Å². The number of fused-ring (bicyclic) bond motifs is 3. The number of ether oxygens (including phenoxy) is 3. The van der Waals surface area contributed by atoms with Gasteiger partial charge in [0.05, 0.1) is 19.8 Å². The number of esters is 1. The molecule has 2 aliphatic rings. The number of hydrogen-bond acceptors (Lipinski definition) is 7. The Kier molecular flexibility index (Phi) is 7.31. The number of hydrogen-bond donors (Lipinski definition) is 2. The van der Waals surface area contributed by atoms with Gasteiger partial charge in [0.2, 0.25) is 6.04 Å². The molecule has 1 aliphatic heterocycles. The van der Waals surface area contributed by atoms with Gasteiger partial charge in [-0.3, -0.25) is 10.1 Å². The van der Waals surface area contributed by atoms with Crippen molar-refractivity contribution in [1.82, 2.24) is 10.2 Å². The zero-order valence-corrected chi connectivity index (χ0v) is 19.1. The molecule has 2 unspecified atom stereocenters. The van der Waals surface area contributed by atoms with Gasteiger partial charge in [-0.05, 0) is 29.2 Å². The first kappa shape index (κ1) is 24.2. The van der Waals surface area contributed by atoms with Crippen LogP contribution in [0.5, 0.6) is 0 Å². The van der Waals surface area contributed by atoms with Gasteiger partial charge in [0, 0.05) is 12.5 Å². The first-order valence-electron chi connectivity index (χ1n) is 11.3. The first-order valence-corrected chi connectivity index (χ1v) is 11.3. The Labute approximate surface area is 201 Å². The third-order valence-electron chi connectivity index (χ3n) is 6.07. The van der Waals surface area contributed by atoms with Gasteiger partial charge in [-0.25, -0.2) is 14.4 Å². The fraction of sp³-hybridized carbons (Fsp3) is 0.360. The molecule has 2 atom stereocenters. The molecule has 10 heteroatoms. The van der Waals surface area contributed by atoms with E-state index in [9.17, 15) is 24.3 Å². The minimum absolute atomic E-state index is 0.0150. The van der Waals surface area contributed by atoms with E-state index in [1.54, 1.807) is 6.92 Å². The van der Waals surface area contributed by atoms with Gasteiger partial charge >= 0.3 is 18.0 Å². The summed E-state index contributed by atoms with van der Waals surface area (Å²) in [4.78, 5) is 50.8. The fourth-order valence-electron chi connectivity index (χ4n) is 4.44. The molecule has 0 radical (unpaired) electrons. The summed E-state index contributed by atoms with van der Waals surface area (Å²) in [5, 5.41) is 11.7. The van der Waals surface area contributed by atoms with Crippen LogP contribution in [-0.4, -0.2) is 79.0 Å². The summed E-state index contributed by atoms with van der Waals surface area (Å²) in [6.45, 7) is 1.36. The number of benzene rings is 2. The Bertz CT molecular complexity index is 1090. The van der Waals surface area contributed by atoms with Gasteiger partial charge in [0.1, 0.15) is 6.61 Å². The Hall–Kier alpha value is -3.92. The molecular weight excluding hydrogens is 456 g/mol. The molecule has 2 aromatic carbocycles. The summed E-state index contributed by atoms with van der Waals surface area (Å²) in [6, 6.07) is 12.6. The van der Waals surface area contributed by atoms with E-state index in [1.165, 1.54) is 0 Å². The highest BCUT2D eigenvalue weighted by Gasteiger charge is 2.41. The second-order valence-electron chi connectivity index (χ2n) is 8.12. The number of amides is 2. The molecule has 1 saturated heterocycles. The highest BCUT2D eigenvalue weighted by atomic mass is 16.6. The van der Waals surface area contributed by atoms with Crippen molar-refractivity contribution < 1.29 is 38.5 Å². The Morgan fingerprint density at radius 3 is 2.29 bits per heavy atom. The number of nitrogens with one attached hydrogen (secondary N) is 1. The SMILES string of the molecule is CCOC(=O)C(NC(=O)OCC1c2ccccc2-c2ccccc21)C(=O)N1CCOCC1C(=O)O. The predicted octanol–water partition coefficient (Wildman–Crippen LogP) is 1.77.